The van der Waals surface area contributed by atoms with Gasteiger partial charge in [0.2, 0.25) is 0 Å². The topological polar surface area (TPSA) is 26.0 Å². The zero-order valence-corrected chi connectivity index (χ0v) is 10.8. The van der Waals surface area contributed by atoms with Crippen molar-refractivity contribution in [3.05, 3.63) is 35.1 Å². The maximum absolute atomic E-state index is 13.1. The van der Waals surface area contributed by atoms with Gasteiger partial charge in [-0.05, 0) is 48.8 Å². The lowest BCUT2D eigenvalue weighted by Gasteiger charge is -2.13. The molecule has 1 aromatic carbocycles. The van der Waals surface area contributed by atoms with Crippen LogP contribution >= 0.6 is 11.8 Å². The van der Waals surface area contributed by atoms with E-state index >= 15 is 0 Å². The minimum absolute atomic E-state index is 0.122. The molecule has 0 aromatic heterocycles. The molecule has 1 unspecified atom stereocenters. The second kappa shape index (κ2) is 6.92. The molecule has 0 saturated carbocycles. The number of benzene rings is 1. The zero-order chi connectivity index (χ0) is 12.0. The summed E-state index contributed by atoms with van der Waals surface area (Å²) in [7, 11) is 0. The molecule has 1 rings (SSSR count). The van der Waals surface area contributed by atoms with E-state index in [1.165, 1.54) is 12.5 Å². The van der Waals surface area contributed by atoms with Crippen molar-refractivity contribution < 1.29 is 4.39 Å². The third kappa shape index (κ3) is 4.54. The summed E-state index contributed by atoms with van der Waals surface area (Å²) in [6.45, 7) is 4.16. The number of thioether (sulfide) groups is 1. The van der Waals surface area contributed by atoms with Crippen LogP contribution in [0.3, 0.4) is 0 Å². The molecule has 90 valence electrons. The SMILES string of the molecule is CCCSCC(N)Cc1cc(F)ccc1C. The lowest BCUT2D eigenvalue weighted by Crippen LogP contribution is -2.26. The minimum Gasteiger partial charge on any atom is -0.327 e. The van der Waals surface area contributed by atoms with Crippen molar-refractivity contribution in [2.24, 2.45) is 5.73 Å². The first-order valence-electron chi connectivity index (χ1n) is 5.71. The maximum atomic E-state index is 13.1. The molecule has 0 bridgehead atoms. The van der Waals surface area contributed by atoms with Crippen LogP contribution in [0.15, 0.2) is 18.2 Å². The quantitative estimate of drug-likeness (QED) is 0.774. The Labute approximate surface area is 102 Å². The molecular weight excluding hydrogens is 221 g/mol. The predicted molar refractivity (Wildman–Crippen MR) is 70.4 cm³/mol. The molecule has 0 amide bonds. The van der Waals surface area contributed by atoms with E-state index in [-0.39, 0.29) is 11.9 Å². The highest BCUT2D eigenvalue weighted by molar-refractivity contribution is 7.99. The van der Waals surface area contributed by atoms with Gasteiger partial charge in [-0.15, -0.1) is 0 Å². The molecule has 3 heteroatoms. The van der Waals surface area contributed by atoms with Crippen molar-refractivity contribution in [1.29, 1.82) is 0 Å². The van der Waals surface area contributed by atoms with Gasteiger partial charge in [0.15, 0.2) is 0 Å². The van der Waals surface area contributed by atoms with E-state index in [1.54, 1.807) is 6.07 Å². The molecule has 16 heavy (non-hydrogen) atoms. The van der Waals surface area contributed by atoms with Crippen LogP contribution in [-0.4, -0.2) is 17.5 Å². The van der Waals surface area contributed by atoms with E-state index in [0.717, 1.165) is 29.1 Å². The van der Waals surface area contributed by atoms with Crippen LogP contribution in [0.5, 0.6) is 0 Å². The standard InChI is InChI=1S/C13H20FNS/c1-3-6-16-9-13(15)8-11-7-12(14)5-4-10(11)2/h4-5,7,13H,3,6,8-9,15H2,1-2H3. The Bertz CT molecular complexity index is 328. The minimum atomic E-state index is -0.172. The molecule has 0 spiro atoms. The van der Waals surface area contributed by atoms with Crippen molar-refractivity contribution in [2.45, 2.75) is 32.7 Å². The Morgan fingerprint density at radius 3 is 2.88 bits per heavy atom. The second-order valence-corrected chi connectivity index (χ2v) is 5.26. The van der Waals surface area contributed by atoms with Gasteiger partial charge in [-0.2, -0.15) is 11.8 Å². The highest BCUT2D eigenvalue weighted by Crippen LogP contribution is 2.14. The van der Waals surface area contributed by atoms with Crippen LogP contribution in [-0.2, 0) is 6.42 Å². The third-order valence-corrected chi connectivity index (χ3v) is 3.83. The number of aryl methyl sites for hydroxylation is 1. The number of hydrogen-bond acceptors (Lipinski definition) is 2. The van der Waals surface area contributed by atoms with E-state index in [4.69, 9.17) is 5.73 Å². The number of halogens is 1. The molecule has 1 aromatic rings. The first-order chi connectivity index (χ1) is 7.63. The van der Waals surface area contributed by atoms with E-state index in [0.29, 0.717) is 0 Å². The maximum Gasteiger partial charge on any atom is 0.123 e. The Kier molecular flexibility index (Phi) is 5.85. The van der Waals surface area contributed by atoms with Gasteiger partial charge in [0.05, 0.1) is 0 Å². The van der Waals surface area contributed by atoms with Crippen molar-refractivity contribution >= 4 is 11.8 Å². The van der Waals surface area contributed by atoms with Crippen molar-refractivity contribution in [2.75, 3.05) is 11.5 Å². The zero-order valence-electron chi connectivity index (χ0n) is 10.0. The van der Waals surface area contributed by atoms with Crippen LogP contribution in [0.2, 0.25) is 0 Å². The normalized spacial score (nSPS) is 12.8. The van der Waals surface area contributed by atoms with Crippen LogP contribution < -0.4 is 5.73 Å². The second-order valence-electron chi connectivity index (χ2n) is 4.11. The Balaban J connectivity index is 2.48. The molecule has 0 fully saturated rings. The fourth-order valence-electron chi connectivity index (χ4n) is 1.58. The lowest BCUT2D eigenvalue weighted by molar-refractivity contribution is 0.622. The summed E-state index contributed by atoms with van der Waals surface area (Å²) in [5, 5.41) is 0. The molecule has 1 nitrogen and oxygen atoms in total. The van der Waals surface area contributed by atoms with Gasteiger partial charge in [-0.25, -0.2) is 4.39 Å². The van der Waals surface area contributed by atoms with Gasteiger partial charge < -0.3 is 5.73 Å². The molecule has 0 saturated heterocycles. The van der Waals surface area contributed by atoms with Gasteiger partial charge in [0.1, 0.15) is 5.82 Å². The van der Waals surface area contributed by atoms with Crippen molar-refractivity contribution in [3.63, 3.8) is 0 Å². The highest BCUT2D eigenvalue weighted by atomic mass is 32.2. The summed E-state index contributed by atoms with van der Waals surface area (Å²) in [5.41, 5.74) is 8.18. The fraction of sp³-hybridized carbons (Fsp3) is 0.538. The van der Waals surface area contributed by atoms with Gasteiger partial charge in [-0.1, -0.05) is 13.0 Å². The number of rotatable bonds is 6. The van der Waals surface area contributed by atoms with Gasteiger partial charge in [0.25, 0.3) is 0 Å². The lowest BCUT2D eigenvalue weighted by atomic mass is 10.0. The largest absolute Gasteiger partial charge is 0.327 e. The third-order valence-electron chi connectivity index (χ3n) is 2.47. The summed E-state index contributed by atoms with van der Waals surface area (Å²) in [4.78, 5) is 0. The summed E-state index contributed by atoms with van der Waals surface area (Å²) in [6.07, 6.45) is 1.94. The summed E-state index contributed by atoms with van der Waals surface area (Å²) in [6, 6.07) is 5.03. The Morgan fingerprint density at radius 2 is 2.19 bits per heavy atom. The van der Waals surface area contributed by atoms with Crippen LogP contribution in [0.1, 0.15) is 24.5 Å². The molecule has 0 aliphatic heterocycles. The predicted octanol–water partition coefficient (Wildman–Crippen LogP) is 3.15. The van der Waals surface area contributed by atoms with Crippen LogP contribution in [0.25, 0.3) is 0 Å². The molecule has 0 radical (unpaired) electrons. The summed E-state index contributed by atoms with van der Waals surface area (Å²) < 4.78 is 13.1. The van der Waals surface area contributed by atoms with E-state index < -0.39 is 0 Å². The molecule has 0 aliphatic carbocycles. The van der Waals surface area contributed by atoms with E-state index in [2.05, 4.69) is 6.92 Å². The van der Waals surface area contributed by atoms with Crippen molar-refractivity contribution in [3.8, 4) is 0 Å². The first kappa shape index (κ1) is 13.5. The summed E-state index contributed by atoms with van der Waals surface area (Å²) >= 11 is 1.87. The van der Waals surface area contributed by atoms with Gasteiger partial charge in [-0.3, -0.25) is 0 Å². The highest BCUT2D eigenvalue weighted by Gasteiger charge is 2.07. The van der Waals surface area contributed by atoms with Gasteiger partial charge >= 0.3 is 0 Å². The molecule has 1 atom stereocenters. The molecular formula is C13H20FNS. The average Bonchev–Trinajstić information content (AvgIpc) is 2.24. The first-order valence-corrected chi connectivity index (χ1v) is 6.87. The number of hydrogen-bond donors (Lipinski definition) is 1. The van der Waals surface area contributed by atoms with E-state index in [1.807, 2.05) is 24.8 Å². The van der Waals surface area contributed by atoms with E-state index in [9.17, 15) is 4.39 Å². The van der Waals surface area contributed by atoms with Crippen LogP contribution in [0.4, 0.5) is 4.39 Å². The Morgan fingerprint density at radius 1 is 1.44 bits per heavy atom. The summed E-state index contributed by atoms with van der Waals surface area (Å²) in [5.74, 6) is 1.92. The molecule has 0 heterocycles. The Hall–Kier alpha value is -0.540. The molecule has 0 aliphatic rings. The average molecular weight is 241 g/mol. The van der Waals surface area contributed by atoms with Crippen molar-refractivity contribution in [1.82, 2.24) is 0 Å². The number of nitrogens with two attached hydrogens (primary N) is 1. The van der Waals surface area contributed by atoms with Gasteiger partial charge in [0, 0.05) is 11.8 Å². The smallest absolute Gasteiger partial charge is 0.123 e. The molecule has 2 N–H and O–H groups in total. The monoisotopic (exact) mass is 241 g/mol. The van der Waals surface area contributed by atoms with Crippen LogP contribution in [0, 0.1) is 12.7 Å². The fourth-order valence-corrected chi connectivity index (χ4v) is 2.46.